The summed E-state index contributed by atoms with van der Waals surface area (Å²) in [4.78, 5) is 0. The molecule has 18 heavy (non-hydrogen) atoms. The van der Waals surface area contributed by atoms with Crippen LogP contribution in [0.4, 0.5) is 0 Å². The fourth-order valence-electron chi connectivity index (χ4n) is 1.25. The lowest BCUT2D eigenvalue weighted by atomic mass is 10.2. The summed E-state index contributed by atoms with van der Waals surface area (Å²) in [7, 11) is 1.65. The minimum absolute atomic E-state index is 0.372. The number of nitrogens with two attached hydrogens (primary N) is 1. The molecule has 98 valence electrons. The summed E-state index contributed by atoms with van der Waals surface area (Å²) in [5.41, 5.74) is 6.24. The Morgan fingerprint density at radius 3 is 2.44 bits per heavy atom. The number of rotatable bonds is 7. The molecule has 0 saturated carbocycles. The van der Waals surface area contributed by atoms with E-state index in [1.54, 1.807) is 7.11 Å². The Balaban J connectivity index is 2.22. The van der Waals surface area contributed by atoms with E-state index < -0.39 is 0 Å². The molecule has 0 aliphatic carbocycles. The van der Waals surface area contributed by atoms with Gasteiger partial charge >= 0.3 is 0 Å². The summed E-state index contributed by atoms with van der Waals surface area (Å²) < 4.78 is 15.7. The molecular weight excluding hydrogens is 230 g/mol. The lowest BCUT2D eigenvalue weighted by Crippen LogP contribution is -2.09. The average Bonchev–Trinajstić information content (AvgIpc) is 2.42. The maximum Gasteiger partial charge on any atom is 0.119 e. The van der Waals surface area contributed by atoms with Crippen LogP contribution >= 0.6 is 0 Å². The van der Waals surface area contributed by atoms with Crippen LogP contribution in [0.1, 0.15) is 5.56 Å². The minimum Gasteiger partial charge on any atom is -0.491 e. The third kappa shape index (κ3) is 6.26. The van der Waals surface area contributed by atoms with Gasteiger partial charge in [-0.3, -0.25) is 0 Å². The van der Waals surface area contributed by atoms with Gasteiger partial charge in [-0.1, -0.05) is 11.8 Å². The highest BCUT2D eigenvalue weighted by atomic mass is 16.5. The van der Waals surface area contributed by atoms with Gasteiger partial charge in [0.15, 0.2) is 0 Å². The maximum atomic E-state index is 5.51. The van der Waals surface area contributed by atoms with E-state index in [0.717, 1.165) is 11.3 Å². The monoisotopic (exact) mass is 249 g/mol. The fraction of sp³-hybridized carbons (Fsp3) is 0.429. The number of hydrogen-bond acceptors (Lipinski definition) is 4. The summed E-state index contributed by atoms with van der Waals surface area (Å²) in [6.45, 7) is 2.65. The Morgan fingerprint density at radius 2 is 1.78 bits per heavy atom. The summed E-state index contributed by atoms with van der Waals surface area (Å²) in [6, 6.07) is 7.58. The zero-order valence-electron chi connectivity index (χ0n) is 10.6. The molecule has 2 N–H and O–H groups in total. The van der Waals surface area contributed by atoms with E-state index in [4.69, 9.17) is 19.9 Å². The van der Waals surface area contributed by atoms with Crippen LogP contribution in [0, 0.1) is 11.8 Å². The second-order valence-electron chi connectivity index (χ2n) is 3.48. The molecule has 4 heteroatoms. The summed E-state index contributed by atoms with van der Waals surface area (Å²) in [6.07, 6.45) is 0. The first kappa shape index (κ1) is 14.5. The van der Waals surface area contributed by atoms with Crippen molar-refractivity contribution in [2.24, 2.45) is 5.73 Å². The van der Waals surface area contributed by atoms with Crippen molar-refractivity contribution >= 4 is 0 Å². The van der Waals surface area contributed by atoms with Crippen molar-refractivity contribution in [3.05, 3.63) is 29.8 Å². The molecule has 0 unspecified atom stereocenters. The van der Waals surface area contributed by atoms with Gasteiger partial charge in [0.2, 0.25) is 0 Å². The van der Waals surface area contributed by atoms with E-state index in [9.17, 15) is 0 Å². The van der Waals surface area contributed by atoms with Crippen LogP contribution in [0.3, 0.4) is 0 Å². The molecule has 0 aromatic heterocycles. The summed E-state index contributed by atoms with van der Waals surface area (Å²) in [5.74, 6) is 6.56. The van der Waals surface area contributed by atoms with E-state index in [-0.39, 0.29) is 0 Å². The molecule has 4 nitrogen and oxygen atoms in total. The molecule has 0 saturated heterocycles. The van der Waals surface area contributed by atoms with Gasteiger partial charge in [0.25, 0.3) is 0 Å². The van der Waals surface area contributed by atoms with Crippen molar-refractivity contribution in [1.29, 1.82) is 0 Å². The number of methoxy groups -OCH3 is 1. The second-order valence-corrected chi connectivity index (χ2v) is 3.48. The first-order valence-corrected chi connectivity index (χ1v) is 5.85. The maximum absolute atomic E-state index is 5.51. The van der Waals surface area contributed by atoms with Crippen LogP contribution < -0.4 is 10.5 Å². The first-order valence-electron chi connectivity index (χ1n) is 5.85. The van der Waals surface area contributed by atoms with Gasteiger partial charge in [0, 0.05) is 12.7 Å². The van der Waals surface area contributed by atoms with Crippen molar-refractivity contribution in [2.45, 2.75) is 0 Å². The van der Waals surface area contributed by atoms with Gasteiger partial charge in [-0.2, -0.15) is 0 Å². The SMILES string of the molecule is COCCOCCOc1ccc(C#CCN)cc1. The molecule has 1 rings (SSSR count). The van der Waals surface area contributed by atoms with Crippen LogP contribution in [0.15, 0.2) is 24.3 Å². The Morgan fingerprint density at radius 1 is 1.06 bits per heavy atom. The Hall–Kier alpha value is -1.54. The molecule has 0 aliphatic rings. The summed E-state index contributed by atoms with van der Waals surface area (Å²) in [5, 5.41) is 0. The van der Waals surface area contributed by atoms with Crippen molar-refractivity contribution in [2.75, 3.05) is 40.1 Å². The van der Waals surface area contributed by atoms with Gasteiger partial charge in [0.05, 0.1) is 26.4 Å². The molecule has 1 aromatic carbocycles. The van der Waals surface area contributed by atoms with E-state index in [1.807, 2.05) is 24.3 Å². The third-order valence-electron chi connectivity index (χ3n) is 2.12. The van der Waals surface area contributed by atoms with Crippen LogP contribution in [-0.2, 0) is 9.47 Å². The molecule has 0 bridgehead atoms. The number of benzene rings is 1. The lowest BCUT2D eigenvalue weighted by Gasteiger charge is -2.06. The fourth-order valence-corrected chi connectivity index (χ4v) is 1.25. The smallest absolute Gasteiger partial charge is 0.119 e. The molecule has 0 spiro atoms. The van der Waals surface area contributed by atoms with Crippen LogP contribution in [0.25, 0.3) is 0 Å². The van der Waals surface area contributed by atoms with Crippen LogP contribution in [0.5, 0.6) is 5.75 Å². The lowest BCUT2D eigenvalue weighted by molar-refractivity contribution is 0.0544. The number of hydrogen-bond donors (Lipinski definition) is 1. The molecule has 0 fully saturated rings. The molecular formula is C14H19NO3. The van der Waals surface area contributed by atoms with Crippen LogP contribution in [0.2, 0.25) is 0 Å². The molecule has 0 amide bonds. The van der Waals surface area contributed by atoms with E-state index in [2.05, 4.69) is 11.8 Å². The highest BCUT2D eigenvalue weighted by molar-refractivity contribution is 5.38. The largest absolute Gasteiger partial charge is 0.491 e. The molecule has 0 heterocycles. The normalized spacial score (nSPS) is 9.67. The molecule has 0 aliphatic heterocycles. The van der Waals surface area contributed by atoms with Gasteiger partial charge in [-0.15, -0.1) is 0 Å². The Kier molecular flexibility index (Phi) is 7.65. The average molecular weight is 249 g/mol. The zero-order valence-corrected chi connectivity index (χ0v) is 10.6. The van der Waals surface area contributed by atoms with Gasteiger partial charge < -0.3 is 19.9 Å². The van der Waals surface area contributed by atoms with Gasteiger partial charge in [0.1, 0.15) is 12.4 Å². The van der Waals surface area contributed by atoms with E-state index in [1.165, 1.54) is 0 Å². The molecule has 0 radical (unpaired) electrons. The van der Waals surface area contributed by atoms with Crippen molar-refractivity contribution in [3.8, 4) is 17.6 Å². The topological polar surface area (TPSA) is 53.7 Å². The quantitative estimate of drug-likeness (QED) is 0.579. The first-order chi connectivity index (χ1) is 8.86. The minimum atomic E-state index is 0.372. The Bertz CT molecular complexity index is 378. The molecule has 1 aromatic rings. The second kappa shape index (κ2) is 9.49. The highest BCUT2D eigenvalue weighted by Crippen LogP contribution is 2.11. The summed E-state index contributed by atoms with van der Waals surface area (Å²) >= 11 is 0. The van der Waals surface area contributed by atoms with Gasteiger partial charge in [-0.05, 0) is 24.3 Å². The highest BCUT2D eigenvalue weighted by Gasteiger charge is 1.94. The predicted molar refractivity (Wildman–Crippen MR) is 70.6 cm³/mol. The predicted octanol–water partition coefficient (Wildman–Crippen LogP) is 1.04. The van der Waals surface area contributed by atoms with E-state index in [0.29, 0.717) is 33.0 Å². The third-order valence-corrected chi connectivity index (χ3v) is 2.12. The van der Waals surface area contributed by atoms with E-state index >= 15 is 0 Å². The zero-order chi connectivity index (χ0) is 13.1. The van der Waals surface area contributed by atoms with Crippen molar-refractivity contribution < 1.29 is 14.2 Å². The van der Waals surface area contributed by atoms with Gasteiger partial charge in [-0.25, -0.2) is 0 Å². The standard InChI is InChI=1S/C14H19NO3/c1-16-9-10-17-11-12-18-14-6-4-13(5-7-14)3-2-8-15/h4-7H,8-12,15H2,1H3. The molecule has 0 atom stereocenters. The van der Waals surface area contributed by atoms with Crippen molar-refractivity contribution in [1.82, 2.24) is 0 Å². The Labute approximate surface area is 108 Å². The van der Waals surface area contributed by atoms with Crippen LogP contribution in [-0.4, -0.2) is 40.1 Å². The van der Waals surface area contributed by atoms with Crippen molar-refractivity contribution in [3.63, 3.8) is 0 Å². The number of ether oxygens (including phenoxy) is 3.